The van der Waals surface area contributed by atoms with E-state index in [0.717, 1.165) is 144 Å². The van der Waals surface area contributed by atoms with Crippen molar-refractivity contribution in [2.75, 3.05) is 79.3 Å². The molecule has 0 saturated heterocycles. The Balaban J connectivity index is -0.00000132. The van der Waals surface area contributed by atoms with Crippen molar-refractivity contribution in [2.24, 2.45) is 0 Å². The van der Waals surface area contributed by atoms with Crippen molar-refractivity contribution in [2.45, 2.75) is 137 Å². The smallest absolute Gasteiger partial charge is 0.373 e. The summed E-state index contributed by atoms with van der Waals surface area (Å²) in [5, 5.41) is 0. The maximum atomic E-state index is 8.12. The number of hydrogen-bond acceptors (Lipinski definition) is 20. The monoisotopic (exact) mass is 1320 g/mol. The Kier molecular flexibility index (Phi) is 65.9. The second kappa shape index (κ2) is 70.1. The Bertz CT molecular complexity index is 2570. The number of ether oxygens (including phenoxy) is 12. The van der Waals surface area contributed by atoms with Crippen molar-refractivity contribution in [3.8, 4) is 69.0 Å². The predicted molar refractivity (Wildman–Crippen MR) is 363 cm³/mol. The number of para-hydroxylation sites is 4. The number of allylic oxidation sites excluding steroid dienone is 1. The zero-order chi connectivity index (χ0) is 70.9. The van der Waals surface area contributed by atoms with E-state index in [1.54, 1.807) is 0 Å². The van der Waals surface area contributed by atoms with Crippen molar-refractivity contribution in [3.63, 3.8) is 0 Å². The van der Waals surface area contributed by atoms with Crippen LogP contribution in [0.3, 0.4) is 0 Å². The van der Waals surface area contributed by atoms with E-state index >= 15 is 0 Å². The highest BCUT2D eigenvalue weighted by Gasteiger charge is 2.17. The minimum Gasteiger partial charge on any atom is -0.490 e. The second-order valence-corrected chi connectivity index (χ2v) is 19.1. The molecule has 0 aliphatic carbocycles. The lowest BCUT2D eigenvalue weighted by Gasteiger charge is -2.17. The van der Waals surface area contributed by atoms with E-state index < -0.39 is 0 Å². The third-order valence-corrected chi connectivity index (χ3v) is 11.7. The van der Waals surface area contributed by atoms with Gasteiger partial charge in [0.1, 0.15) is 0 Å². The van der Waals surface area contributed by atoms with Gasteiger partial charge in [-0.2, -0.15) is 38.4 Å². The number of benzene rings is 4. The van der Waals surface area contributed by atoms with Gasteiger partial charge >= 0.3 is 24.6 Å². The van der Waals surface area contributed by atoms with Gasteiger partial charge in [-0.15, -0.1) is 39.5 Å². The molecule has 20 nitrogen and oxygen atoms in total. The number of rotatable bonds is 49. The van der Waals surface area contributed by atoms with Gasteiger partial charge in [0, 0.05) is 0 Å². The van der Waals surface area contributed by atoms with Crippen molar-refractivity contribution >= 4 is 24.6 Å². The Hall–Kier alpha value is -9.82. The molecule has 0 atom stereocenters. The summed E-state index contributed by atoms with van der Waals surface area (Å²) in [4.78, 5) is 65.0. The SMILES string of the molecule is C=CCCOc1cccc(OCCC=C)c1OCCC=C.C=CCCOc1cccc(OCCC=C)c1OCCC=C.CCCCOc1cccc(OCC/C=C\CCCOc2cccc(OCCCC)c2OCCCC)c1OCCCC.O=C=O.O=C=O.O=C=O.O=C=O. The largest absolute Gasteiger partial charge is 0.490 e. The summed E-state index contributed by atoms with van der Waals surface area (Å²) >= 11 is 0. The maximum Gasteiger partial charge on any atom is 0.373 e. The summed E-state index contributed by atoms with van der Waals surface area (Å²) in [7, 11) is 0. The maximum absolute atomic E-state index is 8.12. The number of unbranched alkanes of at least 4 members (excludes halogenated alkanes) is 5. The molecular formula is C75H102O20. The summed E-state index contributed by atoms with van der Waals surface area (Å²) in [6.45, 7) is 38.0. The zero-order valence-electron chi connectivity index (χ0n) is 56.5. The molecular weight excluding hydrogens is 1220 g/mol. The van der Waals surface area contributed by atoms with Crippen LogP contribution in [0.2, 0.25) is 0 Å². The summed E-state index contributed by atoms with van der Waals surface area (Å²) in [6, 6.07) is 23.1. The quantitative estimate of drug-likeness (QED) is 0.0294. The number of carbonyl (C=O) groups excluding carboxylic acids is 8. The minimum atomic E-state index is 0.250. The van der Waals surface area contributed by atoms with Gasteiger partial charge in [-0.25, -0.2) is 0 Å². The molecule has 0 heterocycles. The molecule has 522 valence electrons. The molecule has 0 spiro atoms. The third-order valence-electron chi connectivity index (χ3n) is 11.7. The topological polar surface area (TPSA) is 247 Å². The van der Waals surface area contributed by atoms with Crippen LogP contribution in [-0.2, 0) is 38.4 Å². The molecule has 0 N–H and O–H groups in total. The van der Waals surface area contributed by atoms with E-state index in [2.05, 4.69) is 79.3 Å². The summed E-state index contributed by atoms with van der Waals surface area (Å²) < 4.78 is 70.8. The van der Waals surface area contributed by atoms with E-state index in [0.29, 0.717) is 114 Å². The third kappa shape index (κ3) is 48.6. The fourth-order valence-corrected chi connectivity index (χ4v) is 7.10. The van der Waals surface area contributed by atoms with Crippen molar-refractivity contribution in [3.05, 3.63) is 161 Å². The first-order valence-corrected chi connectivity index (χ1v) is 31.9. The Labute approximate surface area is 563 Å². The van der Waals surface area contributed by atoms with Gasteiger partial charge in [0.05, 0.1) is 79.3 Å². The lowest BCUT2D eigenvalue weighted by atomic mass is 10.2. The molecule has 0 fully saturated rings. The first-order chi connectivity index (χ1) is 46.6. The van der Waals surface area contributed by atoms with Crippen LogP contribution < -0.4 is 56.8 Å². The first kappa shape index (κ1) is 89.4. The summed E-state index contributed by atoms with van der Waals surface area (Å²) in [5.74, 6) is 8.53. The average molecular weight is 1320 g/mol. The molecule has 0 saturated carbocycles. The van der Waals surface area contributed by atoms with E-state index in [9.17, 15) is 0 Å². The van der Waals surface area contributed by atoms with Crippen LogP contribution in [0.5, 0.6) is 69.0 Å². The summed E-state index contributed by atoms with van der Waals surface area (Å²) in [6.07, 6.45) is 32.0. The van der Waals surface area contributed by atoms with E-state index in [1.165, 1.54) is 0 Å². The molecule has 0 aliphatic heterocycles. The van der Waals surface area contributed by atoms with Gasteiger partial charge in [-0.05, 0) is 132 Å². The van der Waals surface area contributed by atoms with Gasteiger partial charge < -0.3 is 56.8 Å². The fraction of sp³-hybridized carbons (Fsp3) is 0.440. The van der Waals surface area contributed by atoms with Crippen LogP contribution in [0.1, 0.15) is 137 Å². The van der Waals surface area contributed by atoms with Crippen LogP contribution in [0, 0.1) is 0 Å². The molecule has 0 bridgehead atoms. The lowest BCUT2D eigenvalue weighted by Crippen LogP contribution is -2.05. The van der Waals surface area contributed by atoms with Crippen molar-refractivity contribution < 1.29 is 95.2 Å². The number of hydrogen-bond donors (Lipinski definition) is 0. The van der Waals surface area contributed by atoms with E-state index in [-0.39, 0.29) is 24.6 Å². The highest BCUT2D eigenvalue weighted by molar-refractivity contribution is 5.53. The fourth-order valence-electron chi connectivity index (χ4n) is 7.10. The van der Waals surface area contributed by atoms with Gasteiger partial charge in [-0.3, -0.25) is 0 Å². The molecule has 4 rings (SSSR count). The molecule has 0 amide bonds. The Morgan fingerprint density at radius 2 is 0.421 bits per heavy atom. The standard InChI is InChI=1S/C35H54O6.2C18H24O3.4CO2/c1-5-9-24-36-30-20-18-22-32(34(30)40-26-11-7-3)38-28-16-14-13-15-17-29-39-33-23-19-21-31(37-25-10-6-2)35(33)41-27-12-8-4;2*1-4-7-13-19-16-11-10-12-17(20-14-8-5-2)18(16)21-15-9-6-3;4*2-1-3/h13-14,18-23H,5-12,15-17,24-29H2,1-4H3;2*4-6,10-12H,1-3,7-9,13-15H2;;;;/b14-13-;;;;;;. The predicted octanol–water partition coefficient (Wildman–Crippen LogP) is 16.4. The summed E-state index contributed by atoms with van der Waals surface area (Å²) in [5.41, 5.74) is 0. The molecule has 0 aromatic heterocycles. The molecule has 95 heavy (non-hydrogen) atoms. The lowest BCUT2D eigenvalue weighted by molar-refractivity contribution is -0.193. The van der Waals surface area contributed by atoms with Crippen LogP contribution in [0.4, 0.5) is 0 Å². The Morgan fingerprint density at radius 1 is 0.253 bits per heavy atom. The molecule has 0 aliphatic rings. The van der Waals surface area contributed by atoms with Crippen LogP contribution in [0.15, 0.2) is 161 Å². The van der Waals surface area contributed by atoms with Gasteiger partial charge in [0.15, 0.2) is 46.0 Å². The van der Waals surface area contributed by atoms with E-state index in [4.69, 9.17) is 95.2 Å². The van der Waals surface area contributed by atoms with Crippen LogP contribution in [0.25, 0.3) is 0 Å². The molecule has 4 aromatic carbocycles. The highest BCUT2D eigenvalue weighted by Crippen LogP contribution is 2.41. The van der Waals surface area contributed by atoms with Crippen molar-refractivity contribution in [1.82, 2.24) is 0 Å². The van der Waals surface area contributed by atoms with E-state index in [1.807, 2.05) is 109 Å². The van der Waals surface area contributed by atoms with Crippen LogP contribution in [-0.4, -0.2) is 104 Å². The van der Waals surface area contributed by atoms with Gasteiger partial charge in [0.25, 0.3) is 0 Å². The molecule has 0 radical (unpaired) electrons. The molecule has 20 heteroatoms. The van der Waals surface area contributed by atoms with Gasteiger partial charge in [0.2, 0.25) is 23.0 Å². The van der Waals surface area contributed by atoms with Gasteiger partial charge in [-0.1, -0.05) is 126 Å². The molecule has 4 aromatic rings. The van der Waals surface area contributed by atoms with Crippen molar-refractivity contribution in [1.29, 1.82) is 0 Å². The van der Waals surface area contributed by atoms with Crippen LogP contribution >= 0.6 is 0 Å². The Morgan fingerprint density at radius 3 is 0.642 bits per heavy atom. The highest BCUT2D eigenvalue weighted by atomic mass is 16.6. The normalized spacial score (nSPS) is 9.39. The molecule has 0 unspecified atom stereocenters. The second-order valence-electron chi connectivity index (χ2n) is 19.1. The zero-order valence-corrected chi connectivity index (χ0v) is 56.5. The first-order valence-electron chi connectivity index (χ1n) is 31.9. The minimum absolute atomic E-state index is 0.250. The average Bonchev–Trinajstić information content (AvgIpc) is 0.953.